The van der Waals surface area contributed by atoms with E-state index in [1.165, 1.54) is 6.42 Å². The molecular formula is C15H23NO2. The molecular weight excluding hydrogens is 226 g/mol. The fraction of sp³-hybridized carbons (Fsp3) is 0.600. The average Bonchev–Trinajstić information content (AvgIpc) is 2.32. The van der Waals surface area contributed by atoms with E-state index in [4.69, 9.17) is 0 Å². The van der Waals surface area contributed by atoms with Crippen molar-refractivity contribution in [3.05, 3.63) is 29.8 Å². The van der Waals surface area contributed by atoms with Gasteiger partial charge in [-0.1, -0.05) is 25.0 Å². The van der Waals surface area contributed by atoms with Crippen molar-refractivity contribution >= 4 is 0 Å². The van der Waals surface area contributed by atoms with E-state index in [-0.39, 0.29) is 18.1 Å². The van der Waals surface area contributed by atoms with E-state index in [0.29, 0.717) is 5.75 Å². The van der Waals surface area contributed by atoms with Gasteiger partial charge in [0.1, 0.15) is 5.75 Å². The Labute approximate surface area is 109 Å². The van der Waals surface area contributed by atoms with Crippen LogP contribution < -0.4 is 0 Å². The number of aliphatic hydroxyl groups is 1. The van der Waals surface area contributed by atoms with Gasteiger partial charge < -0.3 is 15.1 Å². The summed E-state index contributed by atoms with van der Waals surface area (Å²) in [4.78, 5) is 2.15. The minimum atomic E-state index is -0.228. The van der Waals surface area contributed by atoms with E-state index >= 15 is 0 Å². The number of aromatic hydroxyl groups is 1. The van der Waals surface area contributed by atoms with Crippen LogP contribution in [0.2, 0.25) is 0 Å². The summed E-state index contributed by atoms with van der Waals surface area (Å²) >= 11 is 0. The van der Waals surface area contributed by atoms with Crippen LogP contribution in [0.5, 0.6) is 5.75 Å². The van der Waals surface area contributed by atoms with Gasteiger partial charge in [-0.2, -0.15) is 0 Å². The molecule has 0 bridgehead atoms. The summed E-state index contributed by atoms with van der Waals surface area (Å²) in [5.41, 5.74) is 1.09. The van der Waals surface area contributed by atoms with Crippen molar-refractivity contribution < 1.29 is 10.2 Å². The number of hydrogen-bond donors (Lipinski definition) is 2. The average molecular weight is 249 g/mol. The lowest BCUT2D eigenvalue weighted by Crippen LogP contribution is -2.36. The van der Waals surface area contributed by atoms with Crippen LogP contribution in [0, 0.1) is 5.92 Å². The van der Waals surface area contributed by atoms with Gasteiger partial charge in [0.25, 0.3) is 0 Å². The second kappa shape index (κ2) is 5.72. The first kappa shape index (κ1) is 13.4. The third-order valence-corrected chi connectivity index (χ3v) is 3.96. The number of hydrogen-bond acceptors (Lipinski definition) is 3. The Hall–Kier alpha value is -1.06. The first-order chi connectivity index (χ1) is 8.59. The lowest BCUT2D eigenvalue weighted by atomic mass is 9.78. The van der Waals surface area contributed by atoms with Crippen LogP contribution >= 0.6 is 0 Å². The van der Waals surface area contributed by atoms with Crippen molar-refractivity contribution in [2.75, 3.05) is 14.1 Å². The third-order valence-electron chi connectivity index (χ3n) is 3.96. The maximum Gasteiger partial charge on any atom is 0.115 e. The monoisotopic (exact) mass is 249 g/mol. The molecule has 1 aromatic carbocycles. The highest BCUT2D eigenvalue weighted by Crippen LogP contribution is 2.38. The molecule has 1 aromatic rings. The van der Waals surface area contributed by atoms with E-state index in [1.54, 1.807) is 6.07 Å². The Morgan fingerprint density at radius 2 is 1.94 bits per heavy atom. The third kappa shape index (κ3) is 2.85. The molecule has 1 fully saturated rings. The highest BCUT2D eigenvalue weighted by Gasteiger charge is 2.32. The topological polar surface area (TPSA) is 43.7 Å². The van der Waals surface area contributed by atoms with Crippen LogP contribution in [0.15, 0.2) is 24.3 Å². The minimum absolute atomic E-state index is 0.174. The first-order valence-corrected chi connectivity index (χ1v) is 6.73. The van der Waals surface area contributed by atoms with Gasteiger partial charge in [-0.25, -0.2) is 0 Å². The van der Waals surface area contributed by atoms with Gasteiger partial charge in [0.15, 0.2) is 0 Å². The van der Waals surface area contributed by atoms with Crippen LogP contribution in [-0.4, -0.2) is 35.3 Å². The summed E-state index contributed by atoms with van der Waals surface area (Å²) in [6.07, 6.45) is 4.03. The lowest BCUT2D eigenvalue weighted by Gasteiger charge is -2.38. The van der Waals surface area contributed by atoms with Crippen molar-refractivity contribution in [3.8, 4) is 5.75 Å². The highest BCUT2D eigenvalue weighted by atomic mass is 16.3. The van der Waals surface area contributed by atoms with Crippen molar-refractivity contribution in [1.29, 1.82) is 0 Å². The summed E-state index contributed by atoms with van der Waals surface area (Å²) in [5.74, 6) is 0.556. The van der Waals surface area contributed by atoms with E-state index in [9.17, 15) is 10.2 Å². The van der Waals surface area contributed by atoms with Crippen molar-refractivity contribution in [2.24, 2.45) is 5.92 Å². The number of nitrogens with zero attached hydrogens (tertiary/aromatic N) is 1. The molecule has 2 rings (SSSR count). The summed E-state index contributed by atoms with van der Waals surface area (Å²) in [6.45, 7) is 0. The zero-order valence-electron chi connectivity index (χ0n) is 11.2. The summed E-state index contributed by atoms with van der Waals surface area (Å²) in [6, 6.07) is 7.58. The zero-order valence-corrected chi connectivity index (χ0v) is 11.2. The maximum atomic E-state index is 10.2. The number of rotatable bonds is 3. The minimum Gasteiger partial charge on any atom is -0.508 e. The van der Waals surface area contributed by atoms with Gasteiger partial charge in [0.05, 0.1) is 6.10 Å². The second-order valence-electron chi connectivity index (χ2n) is 5.52. The van der Waals surface area contributed by atoms with Crippen molar-refractivity contribution in [3.63, 3.8) is 0 Å². The lowest BCUT2D eigenvalue weighted by molar-refractivity contribution is 0.0220. The molecule has 18 heavy (non-hydrogen) atoms. The fourth-order valence-electron chi connectivity index (χ4n) is 3.15. The summed E-state index contributed by atoms with van der Waals surface area (Å²) < 4.78 is 0. The van der Waals surface area contributed by atoms with E-state index in [0.717, 1.165) is 24.8 Å². The molecule has 3 atom stereocenters. The molecule has 1 aliphatic carbocycles. The molecule has 3 heteroatoms. The molecule has 0 heterocycles. The Kier molecular flexibility index (Phi) is 4.25. The van der Waals surface area contributed by atoms with Crippen LogP contribution in [-0.2, 0) is 0 Å². The van der Waals surface area contributed by atoms with Gasteiger partial charge in [-0.3, -0.25) is 0 Å². The smallest absolute Gasteiger partial charge is 0.115 e. The number of phenols is 1. The van der Waals surface area contributed by atoms with Gasteiger partial charge >= 0.3 is 0 Å². The molecule has 1 aliphatic rings. The summed E-state index contributed by atoms with van der Waals surface area (Å²) in [7, 11) is 4.08. The number of benzene rings is 1. The maximum absolute atomic E-state index is 10.2. The molecule has 0 aliphatic heterocycles. The molecule has 0 aromatic heterocycles. The van der Waals surface area contributed by atoms with Crippen LogP contribution in [0.25, 0.3) is 0 Å². The normalized spacial score (nSPS) is 26.2. The van der Waals surface area contributed by atoms with Crippen molar-refractivity contribution in [2.45, 2.75) is 37.8 Å². The Bertz CT molecular complexity index is 392. The molecule has 1 saturated carbocycles. The fourth-order valence-corrected chi connectivity index (χ4v) is 3.15. The number of aliphatic hydroxyl groups excluding tert-OH is 1. The molecule has 0 spiro atoms. The largest absolute Gasteiger partial charge is 0.508 e. The summed E-state index contributed by atoms with van der Waals surface area (Å²) in [5, 5.41) is 19.9. The Morgan fingerprint density at radius 1 is 1.22 bits per heavy atom. The Morgan fingerprint density at radius 3 is 2.56 bits per heavy atom. The van der Waals surface area contributed by atoms with Crippen molar-refractivity contribution in [1.82, 2.24) is 4.90 Å². The molecule has 3 nitrogen and oxygen atoms in total. The predicted molar refractivity (Wildman–Crippen MR) is 72.5 cm³/mol. The molecule has 2 N–H and O–H groups in total. The molecule has 0 amide bonds. The van der Waals surface area contributed by atoms with Crippen LogP contribution in [0.1, 0.15) is 37.3 Å². The predicted octanol–water partition coefficient (Wildman–Crippen LogP) is 2.55. The number of phenolic OH excluding ortho intramolecular Hbond substituents is 1. The standard InChI is InChI=1S/C15H23NO2/c1-16(2)15(11-6-5-7-12(17)10-11)13-8-3-4-9-14(13)18/h5-7,10,13-15,17-18H,3-4,8-9H2,1-2H3/t13-,14-,15?/m1/s1. The first-order valence-electron chi connectivity index (χ1n) is 6.73. The van der Waals surface area contributed by atoms with Gasteiger partial charge in [-0.15, -0.1) is 0 Å². The quantitative estimate of drug-likeness (QED) is 0.865. The zero-order chi connectivity index (χ0) is 13.1. The molecule has 0 saturated heterocycles. The van der Waals surface area contributed by atoms with Crippen LogP contribution in [0.4, 0.5) is 0 Å². The van der Waals surface area contributed by atoms with Crippen LogP contribution in [0.3, 0.4) is 0 Å². The second-order valence-corrected chi connectivity index (χ2v) is 5.52. The van der Waals surface area contributed by atoms with E-state index in [1.807, 2.05) is 32.3 Å². The van der Waals surface area contributed by atoms with Gasteiger partial charge in [0.2, 0.25) is 0 Å². The van der Waals surface area contributed by atoms with E-state index < -0.39 is 0 Å². The van der Waals surface area contributed by atoms with Gasteiger partial charge in [-0.05, 0) is 44.6 Å². The Balaban J connectivity index is 2.27. The molecule has 0 radical (unpaired) electrons. The highest BCUT2D eigenvalue weighted by molar-refractivity contribution is 5.30. The van der Waals surface area contributed by atoms with E-state index in [2.05, 4.69) is 4.90 Å². The van der Waals surface area contributed by atoms with Gasteiger partial charge in [0, 0.05) is 12.0 Å². The SMILES string of the molecule is CN(C)C(c1cccc(O)c1)[C@@H]1CCCC[C@H]1O. The molecule has 100 valence electrons. The molecule has 1 unspecified atom stereocenters.